The molecule has 3 aliphatic heterocycles. The van der Waals surface area contributed by atoms with E-state index in [0.29, 0.717) is 0 Å². The molecule has 15 aromatic carbocycles. The lowest BCUT2D eigenvalue weighted by molar-refractivity contribution is 1.04. The fourth-order valence-corrected chi connectivity index (χ4v) is 21.2. The van der Waals surface area contributed by atoms with E-state index in [1.54, 1.807) is 22.3 Å². The molecule has 0 spiro atoms. The monoisotopic (exact) mass is 1710 g/mol. The van der Waals surface area contributed by atoms with Crippen molar-refractivity contribution in [1.29, 1.82) is 0 Å². The molecule has 3 aromatic heterocycles. The van der Waals surface area contributed by atoms with Crippen LogP contribution >= 0.6 is 0 Å². The topological polar surface area (TPSA) is 14.8 Å². The minimum atomic E-state index is 0.999. The van der Waals surface area contributed by atoms with Crippen LogP contribution < -0.4 is 0 Å². The van der Waals surface area contributed by atoms with Gasteiger partial charge in [0.25, 0.3) is 0 Å². The van der Waals surface area contributed by atoms with E-state index in [-0.39, 0.29) is 0 Å². The highest BCUT2D eigenvalue weighted by Gasteiger charge is 2.37. The second-order valence-corrected chi connectivity index (χ2v) is 30.3. The molecule has 0 radical (unpaired) electrons. The molecular formula is C127H147N3. The number of hydrogen-bond donors (Lipinski definition) is 0. The van der Waals surface area contributed by atoms with Crippen LogP contribution in [0, 0.1) is 0 Å². The van der Waals surface area contributed by atoms with Crippen molar-refractivity contribution in [3.8, 4) is 83.8 Å². The Kier molecular flexibility index (Phi) is 34.3. The Morgan fingerprint density at radius 3 is 0.862 bits per heavy atom. The molecule has 0 unspecified atom stereocenters. The molecule has 0 atom stereocenters. The summed E-state index contributed by atoms with van der Waals surface area (Å²) >= 11 is 0. The minimum absolute atomic E-state index is 0.999. The van der Waals surface area contributed by atoms with Crippen molar-refractivity contribution in [3.63, 3.8) is 0 Å². The second-order valence-electron chi connectivity index (χ2n) is 30.3. The second kappa shape index (κ2) is 45.3. The van der Waals surface area contributed by atoms with Crippen LogP contribution in [0.5, 0.6) is 0 Å². The smallest absolute Gasteiger partial charge is 0.0579 e. The molecule has 3 heteroatoms. The van der Waals surface area contributed by atoms with Gasteiger partial charge >= 0.3 is 0 Å². The van der Waals surface area contributed by atoms with Crippen molar-refractivity contribution in [3.05, 3.63) is 373 Å². The third kappa shape index (κ3) is 16.4. The molecule has 0 fully saturated rings. The number of para-hydroxylation sites is 6. The minimum Gasteiger partial charge on any atom is -0.309 e. The molecule has 0 bridgehead atoms. The van der Waals surface area contributed by atoms with Crippen LogP contribution in [0.3, 0.4) is 0 Å². The maximum Gasteiger partial charge on any atom is 0.0579 e. The molecule has 3 nitrogen and oxygen atoms in total. The third-order valence-corrected chi connectivity index (χ3v) is 25.4. The Hall–Kier alpha value is -12.3. The van der Waals surface area contributed by atoms with E-state index in [1.165, 1.54) is 227 Å². The molecule has 0 saturated carbocycles. The number of nitrogens with zero attached hydrogens (tertiary/aromatic N) is 3. The number of benzene rings is 15. The van der Waals surface area contributed by atoms with Crippen LogP contribution in [-0.2, 0) is 57.8 Å². The summed E-state index contributed by atoms with van der Waals surface area (Å²) in [5.41, 5.74) is 56.3. The average molecular weight is 1720 g/mol. The molecule has 0 amide bonds. The summed E-state index contributed by atoms with van der Waals surface area (Å²) in [6, 6.07) is 103. The zero-order valence-corrected chi connectivity index (χ0v) is 84.2. The predicted molar refractivity (Wildman–Crippen MR) is 579 cm³/mol. The normalized spacial score (nSPS) is 11.7. The quantitative estimate of drug-likeness (QED) is 0.144. The van der Waals surface area contributed by atoms with Gasteiger partial charge in [-0.25, -0.2) is 0 Å². The molecule has 0 N–H and O–H groups in total. The van der Waals surface area contributed by atoms with E-state index < -0.39 is 0 Å². The van der Waals surface area contributed by atoms with Gasteiger partial charge in [0.15, 0.2) is 0 Å². The Morgan fingerprint density at radius 2 is 0.423 bits per heavy atom. The molecule has 18 aromatic rings. The maximum atomic E-state index is 2.58. The van der Waals surface area contributed by atoms with E-state index in [4.69, 9.17) is 0 Å². The maximum absolute atomic E-state index is 2.58. The lowest BCUT2D eigenvalue weighted by Gasteiger charge is -2.24. The Labute approximate surface area is 782 Å². The Morgan fingerprint density at radius 1 is 0.154 bits per heavy atom. The van der Waals surface area contributed by atoms with Crippen LogP contribution in [0.15, 0.2) is 273 Å². The van der Waals surface area contributed by atoms with Crippen LogP contribution in [0.4, 0.5) is 0 Å². The van der Waals surface area contributed by atoms with E-state index in [1.807, 2.05) is 194 Å². The summed E-state index contributed by atoms with van der Waals surface area (Å²) in [5, 5.41) is 8.18. The van der Waals surface area contributed by atoms with Crippen molar-refractivity contribution in [2.24, 2.45) is 0 Å². The largest absolute Gasteiger partial charge is 0.309 e. The van der Waals surface area contributed by atoms with Gasteiger partial charge in [-0.15, -0.1) is 0 Å². The fraction of sp³-hybridized carbons (Fsp3) is 0.291. The van der Waals surface area contributed by atoms with Gasteiger partial charge in [-0.2, -0.15) is 0 Å². The molecule has 130 heavy (non-hydrogen) atoms. The molecular weight excluding hydrogens is 1570 g/mol. The van der Waals surface area contributed by atoms with Crippen molar-refractivity contribution in [2.75, 3.05) is 0 Å². The van der Waals surface area contributed by atoms with Crippen LogP contribution in [0.1, 0.15) is 294 Å². The Balaban J connectivity index is 0.000000166. The summed E-state index contributed by atoms with van der Waals surface area (Å²) in [4.78, 5) is 0. The zero-order valence-electron chi connectivity index (χ0n) is 84.2. The summed E-state index contributed by atoms with van der Waals surface area (Å²) in [5.74, 6) is 0. The first-order valence-electron chi connectivity index (χ1n) is 50.8. The lowest BCUT2D eigenvalue weighted by atomic mass is 9.91. The summed E-state index contributed by atoms with van der Waals surface area (Å²) in [6.07, 6.45) is 9.30. The number of aromatic nitrogens is 3. The SMILES string of the molecule is CC.CC.CC.CC.CC.CC.CC.CC.CC.CC.CC.CC.CC.CC.c1ccc2c(c1)Cc1c-2ccc2c1Cc1cc3c(cc1-2)Cc1cccc2c4ccccc4n-3c12.c1ccc2c(c1)Cc1c-2ccc2c1Cc1ccc3c(c1-2)-n1c2ccccc2c2cccc(c21)C3.c1ccc2c(c1)Cc1ccc3c(c1-2)Cc1ccc2c(c1-3)-n1c3ccccc3c3cccc(c31)C2. The van der Waals surface area contributed by atoms with E-state index in [9.17, 15) is 0 Å². The highest BCUT2D eigenvalue weighted by molar-refractivity contribution is 6.15. The van der Waals surface area contributed by atoms with Gasteiger partial charge in [-0.05, 0) is 225 Å². The van der Waals surface area contributed by atoms with Crippen LogP contribution in [0.25, 0.3) is 149 Å². The molecule has 9 aliphatic rings. The third-order valence-electron chi connectivity index (χ3n) is 25.4. The molecule has 0 saturated heterocycles. The van der Waals surface area contributed by atoms with Gasteiger partial charge in [0.05, 0.1) is 50.2 Å². The first kappa shape index (κ1) is 98.3. The van der Waals surface area contributed by atoms with Gasteiger partial charge in [-0.1, -0.05) is 437 Å². The molecule has 6 heterocycles. The van der Waals surface area contributed by atoms with E-state index >= 15 is 0 Å². The first-order chi connectivity index (χ1) is 64.6. The number of fused-ring (bicyclic) bond motifs is 38. The van der Waals surface area contributed by atoms with Gasteiger partial charge in [0.1, 0.15) is 0 Å². The van der Waals surface area contributed by atoms with E-state index in [2.05, 4.69) is 287 Å². The summed E-state index contributed by atoms with van der Waals surface area (Å²) in [7, 11) is 0. The van der Waals surface area contributed by atoms with Crippen molar-refractivity contribution < 1.29 is 0 Å². The van der Waals surface area contributed by atoms with Crippen LogP contribution in [0.2, 0.25) is 0 Å². The van der Waals surface area contributed by atoms with Gasteiger partial charge < -0.3 is 13.7 Å². The Bertz CT molecular complexity index is 6970. The molecule has 27 rings (SSSR count). The van der Waals surface area contributed by atoms with Crippen molar-refractivity contribution in [1.82, 2.24) is 13.7 Å². The zero-order chi connectivity index (χ0) is 93.9. The van der Waals surface area contributed by atoms with Crippen molar-refractivity contribution >= 4 is 65.4 Å². The number of hydrogen-bond acceptors (Lipinski definition) is 0. The van der Waals surface area contributed by atoms with Gasteiger partial charge in [0.2, 0.25) is 0 Å². The predicted octanol–water partition coefficient (Wildman–Crippen LogP) is 37.9. The van der Waals surface area contributed by atoms with Crippen LogP contribution in [-0.4, -0.2) is 13.7 Å². The average Bonchev–Trinajstić information content (AvgIpc) is 1.55. The summed E-state index contributed by atoms with van der Waals surface area (Å²) in [6.45, 7) is 56.0. The fourth-order valence-electron chi connectivity index (χ4n) is 21.2. The highest BCUT2D eigenvalue weighted by Crippen LogP contribution is 2.56. The van der Waals surface area contributed by atoms with Crippen molar-refractivity contribution in [2.45, 2.75) is 252 Å². The first-order valence-corrected chi connectivity index (χ1v) is 50.8. The van der Waals surface area contributed by atoms with Gasteiger partial charge in [-0.3, -0.25) is 0 Å². The van der Waals surface area contributed by atoms with Gasteiger partial charge in [0, 0.05) is 62.7 Å². The standard InChI is InChI=1S/3C33H21N.14C2H6/c1-2-8-23-19(6-1)15-29-24(23)12-13-25-28-17-22-14-20-7-5-10-27-26-9-3-4-11-31(26)34(33(20)27)32(22)18-21(28)16-30(25)29;1-2-8-23-19(6-1)17-28-24(23)14-15-26-29(28)18-20-12-13-22-16-21-7-5-10-27-25-9-3-4-11-30(25)34(32(21)27)33(22)31(20)26;1-2-8-24-19(6-1)16-20-14-15-26-28(30(20)24)18-21-12-13-23-17-22-7-5-10-27-25-9-3-4-11-29(25)34(32(22)27)33(23)31(21)26;14*1-2/h1-13,17-18H,14-16H2;2*1-15H,16-18H2;14*1-2H3. The lowest BCUT2D eigenvalue weighted by Crippen LogP contribution is -2.09. The number of rotatable bonds is 0. The molecule has 670 valence electrons. The molecule has 6 aliphatic carbocycles. The highest BCUT2D eigenvalue weighted by atomic mass is 15.0. The summed E-state index contributed by atoms with van der Waals surface area (Å²) < 4.78 is 7.69. The van der Waals surface area contributed by atoms with E-state index in [0.717, 1.165) is 57.8 Å².